The summed E-state index contributed by atoms with van der Waals surface area (Å²) in [5.74, 6) is 2.56. The van der Waals surface area contributed by atoms with E-state index in [9.17, 15) is 0 Å². The number of hydrogen-bond donors (Lipinski definition) is 0. The van der Waals surface area contributed by atoms with Crippen molar-refractivity contribution in [3.05, 3.63) is 30.2 Å². The van der Waals surface area contributed by atoms with Gasteiger partial charge in [-0.1, -0.05) is 17.3 Å². The van der Waals surface area contributed by atoms with Crippen molar-refractivity contribution in [3.63, 3.8) is 0 Å². The fraction of sp³-hybridized carbons (Fsp3) is 0.333. The molecule has 0 aliphatic heterocycles. The van der Waals surface area contributed by atoms with Crippen molar-refractivity contribution in [3.8, 4) is 17.1 Å². The van der Waals surface area contributed by atoms with Crippen LogP contribution < -0.4 is 4.74 Å². The van der Waals surface area contributed by atoms with Crippen molar-refractivity contribution in [1.82, 2.24) is 10.1 Å². The smallest absolute Gasteiger partial charge is 0.227 e. The quantitative estimate of drug-likeness (QED) is 0.768. The highest BCUT2D eigenvalue weighted by molar-refractivity contribution is 6.17. The van der Waals surface area contributed by atoms with Crippen molar-refractivity contribution in [2.24, 2.45) is 0 Å². The van der Waals surface area contributed by atoms with Crippen LogP contribution in [0.15, 0.2) is 28.8 Å². The van der Waals surface area contributed by atoms with E-state index in [-0.39, 0.29) is 0 Å². The van der Waals surface area contributed by atoms with Crippen molar-refractivity contribution < 1.29 is 9.26 Å². The third-order valence-electron chi connectivity index (χ3n) is 2.32. The Bertz CT molecular complexity index is 485. The zero-order valence-electron chi connectivity index (χ0n) is 9.52. The lowest BCUT2D eigenvalue weighted by Crippen LogP contribution is -1.87. The molecular weight excluding hydrogens is 240 g/mol. The van der Waals surface area contributed by atoms with Gasteiger partial charge in [0.05, 0.1) is 7.11 Å². The summed E-state index contributed by atoms with van der Waals surface area (Å²) in [5.41, 5.74) is 0.880. The second-order valence-electron chi connectivity index (χ2n) is 3.54. The number of nitrogens with zero attached hydrogens (tertiary/aromatic N) is 2. The molecule has 0 bridgehead atoms. The van der Waals surface area contributed by atoms with E-state index in [1.54, 1.807) is 7.11 Å². The molecule has 0 fully saturated rings. The standard InChI is InChI=1S/C12H13ClN2O2/c1-16-10-5-2-4-9(8-10)12-14-11(17-15-12)6-3-7-13/h2,4-5,8H,3,6-7H2,1H3. The molecule has 1 heterocycles. The van der Waals surface area contributed by atoms with E-state index in [0.29, 0.717) is 24.0 Å². The van der Waals surface area contributed by atoms with Crippen LogP contribution in [0, 0.1) is 0 Å². The second kappa shape index (κ2) is 5.68. The lowest BCUT2D eigenvalue weighted by atomic mass is 10.2. The van der Waals surface area contributed by atoms with Crippen LogP contribution in [0.1, 0.15) is 12.3 Å². The van der Waals surface area contributed by atoms with Gasteiger partial charge in [0.1, 0.15) is 5.75 Å². The highest BCUT2D eigenvalue weighted by Crippen LogP contribution is 2.21. The van der Waals surface area contributed by atoms with E-state index in [2.05, 4.69) is 10.1 Å². The number of aromatic nitrogens is 2. The topological polar surface area (TPSA) is 48.2 Å². The van der Waals surface area contributed by atoms with Crippen LogP contribution in [0.25, 0.3) is 11.4 Å². The molecule has 17 heavy (non-hydrogen) atoms. The van der Waals surface area contributed by atoms with E-state index in [1.807, 2.05) is 24.3 Å². The van der Waals surface area contributed by atoms with Gasteiger partial charge in [0.25, 0.3) is 0 Å². The molecule has 0 spiro atoms. The summed E-state index contributed by atoms with van der Waals surface area (Å²) in [6, 6.07) is 7.55. The summed E-state index contributed by atoms with van der Waals surface area (Å²) >= 11 is 5.61. The van der Waals surface area contributed by atoms with Crippen LogP contribution in [0.4, 0.5) is 0 Å². The molecule has 1 aromatic heterocycles. The third kappa shape index (κ3) is 2.97. The molecule has 2 aromatic rings. The Morgan fingerprint density at radius 2 is 2.29 bits per heavy atom. The largest absolute Gasteiger partial charge is 0.497 e. The first-order valence-electron chi connectivity index (χ1n) is 5.36. The summed E-state index contributed by atoms with van der Waals surface area (Å²) in [6.45, 7) is 0. The van der Waals surface area contributed by atoms with Crippen LogP contribution in [-0.2, 0) is 6.42 Å². The Morgan fingerprint density at radius 3 is 3.06 bits per heavy atom. The number of aryl methyl sites for hydroxylation is 1. The maximum atomic E-state index is 5.61. The molecular formula is C12H13ClN2O2. The number of alkyl halides is 1. The second-order valence-corrected chi connectivity index (χ2v) is 3.91. The van der Waals surface area contributed by atoms with Gasteiger partial charge in [-0.15, -0.1) is 11.6 Å². The first kappa shape index (κ1) is 11.9. The summed E-state index contributed by atoms with van der Waals surface area (Å²) in [4.78, 5) is 4.30. The Hall–Kier alpha value is -1.55. The van der Waals surface area contributed by atoms with Crippen LogP contribution in [-0.4, -0.2) is 23.1 Å². The van der Waals surface area contributed by atoms with E-state index < -0.39 is 0 Å². The zero-order valence-corrected chi connectivity index (χ0v) is 10.3. The predicted octanol–water partition coefficient (Wildman–Crippen LogP) is 2.92. The first-order valence-corrected chi connectivity index (χ1v) is 5.90. The fourth-order valence-electron chi connectivity index (χ4n) is 1.45. The minimum Gasteiger partial charge on any atom is -0.497 e. The molecule has 5 heteroatoms. The predicted molar refractivity (Wildman–Crippen MR) is 65.3 cm³/mol. The van der Waals surface area contributed by atoms with Crippen LogP contribution in [0.2, 0.25) is 0 Å². The molecule has 2 rings (SSSR count). The zero-order chi connectivity index (χ0) is 12.1. The summed E-state index contributed by atoms with van der Waals surface area (Å²) < 4.78 is 10.3. The molecule has 0 aliphatic carbocycles. The third-order valence-corrected chi connectivity index (χ3v) is 2.59. The molecule has 4 nitrogen and oxygen atoms in total. The highest BCUT2D eigenvalue weighted by atomic mass is 35.5. The average Bonchev–Trinajstić information content (AvgIpc) is 2.85. The molecule has 0 unspecified atom stereocenters. The highest BCUT2D eigenvalue weighted by Gasteiger charge is 2.08. The molecule has 0 atom stereocenters. The molecule has 0 amide bonds. The summed E-state index contributed by atoms with van der Waals surface area (Å²) in [6.07, 6.45) is 1.54. The van der Waals surface area contributed by atoms with E-state index in [4.69, 9.17) is 20.9 Å². The van der Waals surface area contributed by atoms with Crippen LogP contribution >= 0.6 is 11.6 Å². The van der Waals surface area contributed by atoms with E-state index >= 15 is 0 Å². The molecule has 0 aliphatic rings. The molecule has 0 radical (unpaired) electrons. The summed E-state index contributed by atoms with van der Waals surface area (Å²) in [7, 11) is 1.63. The number of hydrogen-bond acceptors (Lipinski definition) is 4. The van der Waals surface area contributed by atoms with Gasteiger partial charge in [-0.2, -0.15) is 4.98 Å². The Morgan fingerprint density at radius 1 is 1.41 bits per heavy atom. The first-order chi connectivity index (χ1) is 8.33. The van der Waals surface area contributed by atoms with Gasteiger partial charge in [-0.3, -0.25) is 0 Å². The number of rotatable bonds is 5. The van der Waals surface area contributed by atoms with Crippen molar-refractivity contribution in [2.75, 3.05) is 13.0 Å². The van der Waals surface area contributed by atoms with Gasteiger partial charge < -0.3 is 9.26 Å². The number of methoxy groups -OCH3 is 1. The van der Waals surface area contributed by atoms with Gasteiger partial charge in [-0.05, 0) is 18.6 Å². The Labute approximate surface area is 105 Å². The Balaban J connectivity index is 2.18. The molecule has 90 valence electrons. The van der Waals surface area contributed by atoms with Gasteiger partial charge in [0.15, 0.2) is 0 Å². The van der Waals surface area contributed by atoms with Crippen molar-refractivity contribution in [1.29, 1.82) is 0 Å². The maximum absolute atomic E-state index is 5.61. The van der Waals surface area contributed by atoms with Crippen LogP contribution in [0.5, 0.6) is 5.75 Å². The molecule has 1 aromatic carbocycles. The molecule has 0 saturated heterocycles. The lowest BCUT2D eigenvalue weighted by Gasteiger charge is -1.99. The van der Waals surface area contributed by atoms with Crippen molar-refractivity contribution >= 4 is 11.6 Å². The van der Waals surface area contributed by atoms with Gasteiger partial charge in [0, 0.05) is 17.9 Å². The lowest BCUT2D eigenvalue weighted by molar-refractivity contribution is 0.378. The molecule has 0 saturated carbocycles. The van der Waals surface area contributed by atoms with Gasteiger partial charge in [0.2, 0.25) is 11.7 Å². The normalized spacial score (nSPS) is 10.5. The Kier molecular flexibility index (Phi) is 3.98. The number of ether oxygens (including phenoxy) is 1. The minimum atomic E-state index is 0.577. The maximum Gasteiger partial charge on any atom is 0.227 e. The average molecular weight is 253 g/mol. The number of benzene rings is 1. The van der Waals surface area contributed by atoms with Gasteiger partial charge in [-0.25, -0.2) is 0 Å². The molecule has 0 N–H and O–H groups in total. The monoisotopic (exact) mass is 252 g/mol. The van der Waals surface area contributed by atoms with Gasteiger partial charge >= 0.3 is 0 Å². The minimum absolute atomic E-state index is 0.577. The van der Waals surface area contributed by atoms with Crippen molar-refractivity contribution in [2.45, 2.75) is 12.8 Å². The van der Waals surface area contributed by atoms with Crippen LogP contribution in [0.3, 0.4) is 0 Å². The number of halogens is 1. The SMILES string of the molecule is COc1cccc(-c2noc(CCCCl)n2)c1. The van der Waals surface area contributed by atoms with E-state index in [1.165, 1.54) is 0 Å². The fourth-order valence-corrected chi connectivity index (χ4v) is 1.59. The summed E-state index contributed by atoms with van der Waals surface area (Å²) in [5, 5.41) is 3.93. The van der Waals surface area contributed by atoms with E-state index in [0.717, 1.165) is 17.7 Å².